The van der Waals surface area contributed by atoms with Crippen LogP contribution in [-0.2, 0) is 11.2 Å². The smallest absolute Gasteiger partial charge is 0.223 e. The summed E-state index contributed by atoms with van der Waals surface area (Å²) in [5, 5.41) is 0. The zero-order valence-electron chi connectivity index (χ0n) is 7.86. The second-order valence-corrected chi connectivity index (χ2v) is 4.44. The van der Waals surface area contributed by atoms with Crippen molar-refractivity contribution in [2.24, 2.45) is 0 Å². The Morgan fingerprint density at radius 3 is 3.00 bits per heavy atom. The third-order valence-corrected chi connectivity index (χ3v) is 3.63. The van der Waals surface area contributed by atoms with Crippen molar-refractivity contribution in [1.82, 2.24) is 0 Å². The average Bonchev–Trinajstić information content (AvgIpc) is 2.60. The maximum Gasteiger partial charge on any atom is 0.223 e. The zero-order valence-corrected chi connectivity index (χ0v) is 9.57. The maximum atomic E-state index is 11.3. The summed E-state index contributed by atoms with van der Waals surface area (Å²) in [4.78, 5) is 14.3. The van der Waals surface area contributed by atoms with Gasteiger partial charge >= 0.3 is 0 Å². The fraction of sp³-hybridized carbons (Fsp3) is 0.300. The van der Waals surface area contributed by atoms with E-state index in [9.17, 15) is 4.79 Å². The molecule has 2 rings (SSSR count). The lowest BCUT2D eigenvalue weighted by molar-refractivity contribution is -0.116. The summed E-state index contributed by atoms with van der Waals surface area (Å²) in [6.07, 6.45) is 0.943. The van der Waals surface area contributed by atoms with Crippen molar-refractivity contribution in [3.63, 3.8) is 0 Å². The standard InChI is InChI=1S/C10H11NOS2/c1-7(12)11-6-5-8-9(11)3-2-4-10(8)14-13/h2-4,13H,5-6H2,1H3. The Hall–Kier alpha value is -0.610. The van der Waals surface area contributed by atoms with E-state index in [2.05, 4.69) is 11.7 Å². The average molecular weight is 225 g/mol. The Bertz CT molecular complexity index is 378. The lowest BCUT2D eigenvalue weighted by Crippen LogP contribution is -2.25. The molecule has 74 valence electrons. The molecule has 0 N–H and O–H groups in total. The minimum absolute atomic E-state index is 0.116. The quantitative estimate of drug-likeness (QED) is 0.585. The fourth-order valence-corrected chi connectivity index (χ4v) is 2.78. The number of hydrogen-bond acceptors (Lipinski definition) is 3. The van der Waals surface area contributed by atoms with Gasteiger partial charge in [0.1, 0.15) is 0 Å². The molecule has 2 nitrogen and oxygen atoms in total. The molecule has 0 saturated heterocycles. The van der Waals surface area contributed by atoms with E-state index in [1.165, 1.54) is 16.4 Å². The van der Waals surface area contributed by atoms with Gasteiger partial charge in [-0.25, -0.2) is 0 Å². The molecular formula is C10H11NOS2. The van der Waals surface area contributed by atoms with Crippen LogP contribution in [0.1, 0.15) is 12.5 Å². The van der Waals surface area contributed by atoms with Crippen LogP contribution in [0.15, 0.2) is 23.1 Å². The lowest BCUT2D eigenvalue weighted by atomic mass is 10.2. The molecule has 1 aliphatic heterocycles. The van der Waals surface area contributed by atoms with E-state index in [1.807, 2.05) is 23.1 Å². The number of benzene rings is 1. The maximum absolute atomic E-state index is 11.3. The van der Waals surface area contributed by atoms with Gasteiger partial charge in [-0.2, -0.15) is 0 Å². The van der Waals surface area contributed by atoms with E-state index in [0.717, 1.165) is 23.5 Å². The van der Waals surface area contributed by atoms with Crippen LogP contribution < -0.4 is 4.90 Å². The number of amides is 1. The van der Waals surface area contributed by atoms with Crippen molar-refractivity contribution in [1.29, 1.82) is 0 Å². The van der Waals surface area contributed by atoms with Crippen molar-refractivity contribution < 1.29 is 4.79 Å². The van der Waals surface area contributed by atoms with Gasteiger partial charge in [-0.3, -0.25) is 4.79 Å². The van der Waals surface area contributed by atoms with Crippen molar-refractivity contribution in [3.8, 4) is 0 Å². The highest BCUT2D eigenvalue weighted by Crippen LogP contribution is 2.36. The van der Waals surface area contributed by atoms with Crippen LogP contribution in [-0.4, -0.2) is 12.5 Å². The highest BCUT2D eigenvalue weighted by Gasteiger charge is 2.23. The monoisotopic (exact) mass is 225 g/mol. The molecule has 0 aliphatic carbocycles. The highest BCUT2D eigenvalue weighted by atomic mass is 33.1. The van der Waals surface area contributed by atoms with Crippen LogP contribution in [0.3, 0.4) is 0 Å². The molecule has 0 radical (unpaired) electrons. The van der Waals surface area contributed by atoms with Gasteiger partial charge in [-0.15, -0.1) is 11.7 Å². The van der Waals surface area contributed by atoms with E-state index in [1.54, 1.807) is 6.92 Å². The second kappa shape index (κ2) is 3.87. The molecule has 1 aromatic carbocycles. The summed E-state index contributed by atoms with van der Waals surface area (Å²) in [5.41, 5.74) is 2.30. The first-order valence-corrected chi connectivity index (χ1v) is 6.32. The molecule has 1 heterocycles. The molecular weight excluding hydrogens is 214 g/mol. The summed E-state index contributed by atoms with van der Waals surface area (Å²) in [7, 11) is 1.44. The summed E-state index contributed by atoms with van der Waals surface area (Å²) in [6, 6.07) is 6.01. The second-order valence-electron chi connectivity index (χ2n) is 3.27. The number of hydrogen-bond donors (Lipinski definition) is 1. The molecule has 1 aliphatic rings. The third kappa shape index (κ3) is 1.53. The predicted octanol–water partition coefficient (Wildman–Crippen LogP) is 2.53. The fourth-order valence-electron chi connectivity index (χ4n) is 1.81. The Balaban J connectivity index is 2.46. The molecule has 0 saturated carbocycles. The number of thiol groups is 1. The van der Waals surface area contributed by atoms with Gasteiger partial charge in [0.2, 0.25) is 5.91 Å². The van der Waals surface area contributed by atoms with Crippen LogP contribution in [0.5, 0.6) is 0 Å². The first kappa shape index (κ1) is 9.93. The molecule has 0 bridgehead atoms. The number of fused-ring (bicyclic) bond motifs is 1. The van der Waals surface area contributed by atoms with Gasteiger partial charge < -0.3 is 4.90 Å². The van der Waals surface area contributed by atoms with Crippen molar-refractivity contribution in [2.45, 2.75) is 18.2 Å². The van der Waals surface area contributed by atoms with Crippen molar-refractivity contribution in [2.75, 3.05) is 11.4 Å². The molecule has 0 aromatic heterocycles. The topological polar surface area (TPSA) is 20.3 Å². The minimum Gasteiger partial charge on any atom is -0.312 e. The Labute approximate surface area is 92.5 Å². The summed E-state index contributed by atoms with van der Waals surface area (Å²) >= 11 is 4.20. The largest absolute Gasteiger partial charge is 0.312 e. The molecule has 1 amide bonds. The summed E-state index contributed by atoms with van der Waals surface area (Å²) in [6.45, 7) is 2.41. The van der Waals surface area contributed by atoms with Crippen LogP contribution in [0, 0.1) is 0 Å². The first-order chi connectivity index (χ1) is 6.74. The van der Waals surface area contributed by atoms with Gasteiger partial charge in [0.05, 0.1) is 0 Å². The molecule has 0 unspecified atom stereocenters. The van der Waals surface area contributed by atoms with Crippen LogP contribution in [0.2, 0.25) is 0 Å². The lowest BCUT2D eigenvalue weighted by Gasteiger charge is -2.14. The van der Waals surface area contributed by atoms with Gasteiger partial charge in [0.25, 0.3) is 0 Å². The van der Waals surface area contributed by atoms with Crippen molar-refractivity contribution >= 4 is 34.0 Å². The number of carbonyl (C=O) groups excluding carboxylic acids is 1. The van der Waals surface area contributed by atoms with E-state index in [0.29, 0.717) is 0 Å². The minimum atomic E-state index is 0.116. The molecule has 1 aromatic rings. The number of rotatable bonds is 1. The Kier molecular flexibility index (Phi) is 2.74. The molecule has 4 heteroatoms. The van der Waals surface area contributed by atoms with E-state index in [-0.39, 0.29) is 5.91 Å². The van der Waals surface area contributed by atoms with Crippen molar-refractivity contribution in [3.05, 3.63) is 23.8 Å². The van der Waals surface area contributed by atoms with Gasteiger partial charge in [-0.1, -0.05) is 16.9 Å². The highest BCUT2D eigenvalue weighted by molar-refractivity contribution is 8.68. The van der Waals surface area contributed by atoms with Gasteiger partial charge in [0, 0.05) is 24.1 Å². The van der Waals surface area contributed by atoms with E-state index >= 15 is 0 Å². The number of nitrogens with zero attached hydrogens (tertiary/aromatic N) is 1. The van der Waals surface area contributed by atoms with Gasteiger partial charge in [0.15, 0.2) is 0 Å². The van der Waals surface area contributed by atoms with E-state index in [4.69, 9.17) is 0 Å². The molecule has 0 fully saturated rings. The third-order valence-electron chi connectivity index (χ3n) is 2.46. The summed E-state index contributed by atoms with van der Waals surface area (Å²) in [5.74, 6) is 0.116. The normalized spacial score (nSPS) is 14.3. The molecule has 14 heavy (non-hydrogen) atoms. The van der Waals surface area contributed by atoms with Gasteiger partial charge in [-0.05, 0) is 24.1 Å². The van der Waals surface area contributed by atoms with Crippen LogP contribution in [0.4, 0.5) is 5.69 Å². The predicted molar refractivity (Wildman–Crippen MR) is 63.0 cm³/mol. The Morgan fingerprint density at radius 2 is 2.36 bits per heavy atom. The Morgan fingerprint density at radius 1 is 1.57 bits per heavy atom. The summed E-state index contributed by atoms with van der Waals surface area (Å²) < 4.78 is 0. The number of anilines is 1. The zero-order chi connectivity index (χ0) is 10.1. The van der Waals surface area contributed by atoms with Crippen LogP contribution >= 0.6 is 22.5 Å². The first-order valence-electron chi connectivity index (χ1n) is 4.45. The number of carbonyl (C=O) groups is 1. The molecule has 0 spiro atoms. The van der Waals surface area contributed by atoms with Crippen LogP contribution in [0.25, 0.3) is 0 Å². The SMILES string of the molecule is CC(=O)N1CCc2c(SS)cccc21. The molecule has 0 atom stereocenters. The van der Waals surface area contributed by atoms with E-state index < -0.39 is 0 Å².